The number of hydrogen-bond donors (Lipinski definition) is 0. The molecule has 1 heterocycles. The molecule has 5 nitrogen and oxygen atoms in total. The maximum atomic E-state index is 12.8. The summed E-state index contributed by atoms with van der Waals surface area (Å²) in [5.74, 6) is 1.20. The minimum Gasteiger partial charge on any atom is -0.456 e. The summed E-state index contributed by atoms with van der Waals surface area (Å²) in [6.07, 6.45) is 8.12. The second-order valence-electron chi connectivity index (χ2n) is 17.1. The molecule has 0 bridgehead atoms. The molecule has 3 aliphatic carbocycles. The molecule has 0 N–H and O–H groups in total. The van der Waals surface area contributed by atoms with E-state index >= 15 is 0 Å². The van der Waals surface area contributed by atoms with E-state index in [4.69, 9.17) is 13.6 Å². The number of carbonyl (C=O) groups excluding carboxylic acids is 2. The minimum atomic E-state index is -2.17. The quantitative estimate of drug-likeness (QED) is 0.180. The van der Waals surface area contributed by atoms with Crippen LogP contribution in [0.1, 0.15) is 107 Å². The third kappa shape index (κ3) is 4.87. The zero-order chi connectivity index (χ0) is 29.4. The second kappa shape index (κ2) is 9.77. The summed E-state index contributed by atoms with van der Waals surface area (Å²) in [5, 5.41) is 0.234. The lowest BCUT2D eigenvalue weighted by atomic mass is 9.44. The standard InChI is InChI=1S/C32H58O5Si2/c1-28(2,3)38(9,10)36-25-14-13-23-22-21-26(37-39(11,12)29(4,5)6)32(18-16-27(34)35-32)31(8,19-20-33)24(22)15-17-30(23,25)7/h20,22-26H,13-19,21H2,1-12H3/t22-,23-,24-,25-,26+,30-,31+,32-/m0/s1. The van der Waals surface area contributed by atoms with Crippen molar-refractivity contribution in [2.75, 3.05) is 0 Å². The van der Waals surface area contributed by atoms with E-state index in [-0.39, 0.29) is 27.6 Å². The number of rotatable bonds is 6. The van der Waals surface area contributed by atoms with Crippen LogP contribution in [-0.4, -0.2) is 46.7 Å². The van der Waals surface area contributed by atoms with Crippen molar-refractivity contribution in [2.24, 2.45) is 28.6 Å². The van der Waals surface area contributed by atoms with Crippen molar-refractivity contribution >= 4 is 28.9 Å². The molecule has 1 aliphatic heterocycles. The van der Waals surface area contributed by atoms with Crippen LogP contribution < -0.4 is 0 Å². The van der Waals surface area contributed by atoms with E-state index in [1.807, 2.05) is 0 Å². The molecule has 4 aliphatic rings. The molecule has 4 fully saturated rings. The monoisotopic (exact) mass is 578 g/mol. The predicted molar refractivity (Wildman–Crippen MR) is 163 cm³/mol. The molecule has 4 rings (SSSR count). The van der Waals surface area contributed by atoms with Crippen LogP contribution in [0.3, 0.4) is 0 Å². The molecule has 0 aromatic rings. The molecule has 0 aromatic carbocycles. The fraction of sp³-hybridized carbons (Fsp3) is 0.938. The zero-order valence-corrected chi connectivity index (χ0v) is 29.2. The van der Waals surface area contributed by atoms with Crippen molar-refractivity contribution in [1.82, 2.24) is 0 Å². The van der Waals surface area contributed by atoms with Crippen LogP contribution in [0.15, 0.2) is 0 Å². The van der Waals surface area contributed by atoms with Gasteiger partial charge >= 0.3 is 5.97 Å². The molecular weight excluding hydrogens is 521 g/mol. The highest BCUT2D eigenvalue weighted by molar-refractivity contribution is 6.74. The molecule has 1 saturated heterocycles. The molecule has 7 heteroatoms. The number of ether oxygens (including phenoxy) is 1. The lowest BCUT2D eigenvalue weighted by molar-refractivity contribution is -0.236. The molecule has 0 unspecified atom stereocenters. The first-order valence-corrected chi connectivity index (χ1v) is 21.5. The maximum absolute atomic E-state index is 12.8. The number of esters is 1. The van der Waals surface area contributed by atoms with Gasteiger partial charge in [-0.25, -0.2) is 0 Å². The Kier molecular flexibility index (Phi) is 7.87. The lowest BCUT2D eigenvalue weighted by Crippen LogP contribution is -2.68. The number of carbonyl (C=O) groups is 2. The van der Waals surface area contributed by atoms with Crippen molar-refractivity contribution < 1.29 is 23.2 Å². The lowest BCUT2D eigenvalue weighted by Gasteiger charge is -2.64. The highest BCUT2D eigenvalue weighted by Crippen LogP contribution is 2.68. The molecule has 8 atom stereocenters. The van der Waals surface area contributed by atoms with Gasteiger partial charge < -0.3 is 18.4 Å². The van der Waals surface area contributed by atoms with Gasteiger partial charge in [0.1, 0.15) is 11.9 Å². The summed E-state index contributed by atoms with van der Waals surface area (Å²) in [7, 11) is -4.07. The Morgan fingerprint density at radius 3 is 1.92 bits per heavy atom. The van der Waals surface area contributed by atoms with Crippen LogP contribution in [0, 0.1) is 28.6 Å². The van der Waals surface area contributed by atoms with E-state index in [0.29, 0.717) is 43.1 Å². The minimum absolute atomic E-state index is 0.0469. The second-order valence-corrected chi connectivity index (χ2v) is 26.6. The molecule has 224 valence electrons. The number of fused-ring (bicyclic) bond motifs is 3. The van der Waals surface area contributed by atoms with Gasteiger partial charge in [-0.2, -0.15) is 0 Å². The van der Waals surface area contributed by atoms with E-state index in [1.165, 1.54) is 6.42 Å². The van der Waals surface area contributed by atoms with Gasteiger partial charge in [0.25, 0.3) is 0 Å². The van der Waals surface area contributed by atoms with Crippen LogP contribution in [-0.2, 0) is 23.2 Å². The van der Waals surface area contributed by atoms with Gasteiger partial charge in [0.2, 0.25) is 0 Å². The van der Waals surface area contributed by atoms with Gasteiger partial charge in [0.15, 0.2) is 16.6 Å². The summed E-state index contributed by atoms with van der Waals surface area (Å²) in [6, 6.07) is 0. The predicted octanol–water partition coefficient (Wildman–Crippen LogP) is 8.28. The summed E-state index contributed by atoms with van der Waals surface area (Å²) in [6.45, 7) is 28.0. The highest BCUT2D eigenvalue weighted by Gasteiger charge is 2.70. The Morgan fingerprint density at radius 1 is 0.872 bits per heavy atom. The molecule has 0 amide bonds. The Balaban J connectivity index is 1.75. The third-order valence-corrected chi connectivity index (χ3v) is 22.1. The normalized spacial score (nSPS) is 41.3. The van der Waals surface area contributed by atoms with Gasteiger partial charge in [0.05, 0.1) is 12.2 Å². The zero-order valence-electron chi connectivity index (χ0n) is 27.2. The van der Waals surface area contributed by atoms with Gasteiger partial charge in [-0.1, -0.05) is 55.4 Å². The van der Waals surface area contributed by atoms with Crippen LogP contribution in [0.2, 0.25) is 36.3 Å². The maximum Gasteiger partial charge on any atom is 0.306 e. The summed E-state index contributed by atoms with van der Waals surface area (Å²) < 4.78 is 20.9. The first-order valence-electron chi connectivity index (χ1n) is 15.7. The van der Waals surface area contributed by atoms with Crippen LogP contribution in [0.25, 0.3) is 0 Å². The average Bonchev–Trinajstić information content (AvgIpc) is 3.32. The Morgan fingerprint density at radius 2 is 1.44 bits per heavy atom. The summed E-state index contributed by atoms with van der Waals surface area (Å²) >= 11 is 0. The first kappa shape index (κ1) is 31.4. The van der Waals surface area contributed by atoms with Crippen molar-refractivity contribution in [3.63, 3.8) is 0 Å². The Hall–Kier alpha value is -0.506. The fourth-order valence-electron chi connectivity index (χ4n) is 8.60. The van der Waals surface area contributed by atoms with Crippen LogP contribution in [0.5, 0.6) is 0 Å². The van der Waals surface area contributed by atoms with Crippen molar-refractivity contribution in [3.05, 3.63) is 0 Å². The van der Waals surface area contributed by atoms with E-state index in [2.05, 4.69) is 81.6 Å². The van der Waals surface area contributed by atoms with Crippen LogP contribution >= 0.6 is 0 Å². The molecule has 0 radical (unpaired) electrons. The van der Waals surface area contributed by atoms with Crippen LogP contribution in [0.4, 0.5) is 0 Å². The third-order valence-electron chi connectivity index (χ3n) is 13.1. The number of aldehydes is 1. The van der Waals surface area contributed by atoms with E-state index in [1.54, 1.807) is 0 Å². The van der Waals surface area contributed by atoms with E-state index < -0.39 is 27.7 Å². The van der Waals surface area contributed by atoms with Gasteiger partial charge in [0, 0.05) is 24.7 Å². The topological polar surface area (TPSA) is 61.8 Å². The van der Waals surface area contributed by atoms with Crippen molar-refractivity contribution in [2.45, 2.75) is 161 Å². The van der Waals surface area contributed by atoms with Crippen molar-refractivity contribution in [3.8, 4) is 0 Å². The fourth-order valence-corrected chi connectivity index (χ4v) is 11.4. The van der Waals surface area contributed by atoms with E-state index in [9.17, 15) is 9.59 Å². The molecular formula is C32H58O5Si2. The summed E-state index contributed by atoms with van der Waals surface area (Å²) in [4.78, 5) is 25.1. The Labute approximate surface area is 241 Å². The molecule has 1 spiro atoms. The van der Waals surface area contributed by atoms with Gasteiger partial charge in [-0.3, -0.25) is 4.79 Å². The van der Waals surface area contributed by atoms with Gasteiger partial charge in [-0.05, 0) is 91.5 Å². The highest BCUT2D eigenvalue weighted by atomic mass is 28.4. The Bertz CT molecular complexity index is 965. The summed E-state index contributed by atoms with van der Waals surface area (Å²) in [5.41, 5.74) is -1.00. The SMILES string of the molecule is CC(C)(C)[Si](C)(C)O[C@H]1CC[C@H]2[C@@H]3C[C@@H](O[Si](C)(C)C(C)(C)C)[C@@]4(CCC(=O)O4)[C@](C)(CC=O)[C@H]3CC[C@]12C. The average molecular weight is 579 g/mol. The molecule has 0 aromatic heterocycles. The smallest absolute Gasteiger partial charge is 0.306 e. The van der Waals surface area contributed by atoms with Crippen molar-refractivity contribution in [1.29, 1.82) is 0 Å². The molecule has 39 heavy (non-hydrogen) atoms. The number of hydrogen-bond acceptors (Lipinski definition) is 5. The van der Waals surface area contributed by atoms with Gasteiger partial charge in [-0.15, -0.1) is 0 Å². The van der Waals surface area contributed by atoms with E-state index in [0.717, 1.165) is 32.0 Å². The molecule has 3 saturated carbocycles. The first-order chi connectivity index (χ1) is 17.7. The largest absolute Gasteiger partial charge is 0.456 e.